The third-order valence-corrected chi connectivity index (χ3v) is 9.38. The summed E-state index contributed by atoms with van der Waals surface area (Å²) in [5, 5.41) is 9.65. The van der Waals surface area contributed by atoms with Crippen LogP contribution in [0.15, 0.2) is 43.1 Å². The van der Waals surface area contributed by atoms with Crippen molar-refractivity contribution in [2.45, 2.75) is 56.1 Å². The normalized spacial score (nSPS) is 17.3. The third kappa shape index (κ3) is 5.55. The van der Waals surface area contributed by atoms with Gasteiger partial charge < -0.3 is 19.9 Å². The number of anilines is 2. The molecule has 2 N–H and O–H groups in total. The first-order valence-corrected chi connectivity index (χ1v) is 14.9. The highest BCUT2D eigenvalue weighted by molar-refractivity contribution is 7.90. The molecule has 1 amide bonds. The van der Waals surface area contributed by atoms with E-state index in [1.807, 2.05) is 0 Å². The monoisotopic (exact) mass is 604 g/mol. The Hall–Kier alpha value is -4.05. The summed E-state index contributed by atoms with van der Waals surface area (Å²) in [5.74, 6) is 0.167. The van der Waals surface area contributed by atoms with Gasteiger partial charge in [-0.15, -0.1) is 0 Å². The van der Waals surface area contributed by atoms with E-state index in [1.165, 1.54) is 43.1 Å². The molecule has 1 unspecified atom stereocenters. The van der Waals surface area contributed by atoms with Gasteiger partial charge >= 0.3 is 6.18 Å². The van der Waals surface area contributed by atoms with E-state index in [-0.39, 0.29) is 40.0 Å². The summed E-state index contributed by atoms with van der Waals surface area (Å²) >= 11 is 0. The topological polar surface area (TPSA) is 146 Å². The molecular formula is C26H27F3N8O4S. The Balaban J connectivity index is 1.29. The number of nitrogens with zero attached hydrogens (tertiary/aromatic N) is 6. The van der Waals surface area contributed by atoms with Crippen LogP contribution in [0.2, 0.25) is 0 Å². The Morgan fingerprint density at radius 2 is 1.86 bits per heavy atom. The van der Waals surface area contributed by atoms with Crippen LogP contribution in [-0.2, 0) is 14.8 Å². The van der Waals surface area contributed by atoms with Gasteiger partial charge in [-0.3, -0.25) is 4.79 Å². The minimum Gasteiger partial charge on any atom is -0.381 e. The number of carbonyl (C=O) groups excluding carboxylic acids is 1. The Morgan fingerprint density at radius 1 is 1.10 bits per heavy atom. The van der Waals surface area contributed by atoms with Crippen molar-refractivity contribution >= 4 is 38.5 Å². The maximum absolute atomic E-state index is 13.8. The zero-order valence-corrected chi connectivity index (χ0v) is 23.2. The first-order valence-electron chi connectivity index (χ1n) is 13.4. The molecule has 222 valence electrons. The average Bonchev–Trinajstić information content (AvgIpc) is 3.59. The fourth-order valence-corrected chi connectivity index (χ4v) is 6.23. The lowest BCUT2D eigenvalue weighted by Crippen LogP contribution is -2.38. The zero-order valence-electron chi connectivity index (χ0n) is 22.4. The van der Waals surface area contributed by atoms with Crippen molar-refractivity contribution in [1.82, 2.24) is 34.0 Å². The van der Waals surface area contributed by atoms with E-state index in [9.17, 15) is 26.4 Å². The van der Waals surface area contributed by atoms with E-state index in [0.717, 1.165) is 15.6 Å². The Bertz CT molecular complexity index is 1740. The quantitative estimate of drug-likeness (QED) is 0.307. The first kappa shape index (κ1) is 28.1. The summed E-state index contributed by atoms with van der Waals surface area (Å²) in [4.78, 5) is 26.0. The maximum atomic E-state index is 13.8. The van der Waals surface area contributed by atoms with Crippen molar-refractivity contribution < 1.29 is 31.1 Å². The minimum atomic E-state index is -4.56. The van der Waals surface area contributed by atoms with E-state index in [0.29, 0.717) is 44.5 Å². The smallest absolute Gasteiger partial charge is 0.381 e. The van der Waals surface area contributed by atoms with Gasteiger partial charge in [-0.1, -0.05) is 0 Å². The molecule has 2 aliphatic rings. The summed E-state index contributed by atoms with van der Waals surface area (Å²) in [6.45, 7) is 2.02. The van der Waals surface area contributed by atoms with Crippen LogP contribution in [0.25, 0.3) is 22.3 Å². The number of hydrogen-bond donors (Lipinski definition) is 2. The highest BCUT2D eigenvalue weighted by atomic mass is 32.2. The number of aromatic nitrogens is 6. The van der Waals surface area contributed by atoms with Crippen molar-refractivity contribution in [3.05, 3.63) is 48.7 Å². The molecule has 5 heterocycles. The number of fused-ring (bicyclic) bond motifs is 1. The maximum Gasteiger partial charge on any atom is 0.408 e. The number of alkyl halides is 3. The van der Waals surface area contributed by atoms with Crippen molar-refractivity contribution in [3.8, 4) is 11.4 Å². The predicted octanol–water partition coefficient (Wildman–Crippen LogP) is 3.81. The fourth-order valence-electron chi connectivity index (χ4n) is 4.75. The van der Waals surface area contributed by atoms with Gasteiger partial charge in [0.05, 0.1) is 34.3 Å². The van der Waals surface area contributed by atoms with Crippen LogP contribution in [0.3, 0.4) is 0 Å². The second kappa shape index (κ2) is 10.7. The summed E-state index contributed by atoms with van der Waals surface area (Å²) in [5.41, 5.74) is 0.628. The SMILES string of the molecule is CC(n1cc(C(=O)NC2CCOCC2)c2cnc(Nc3ccnc(-c4cnn(S(=O)(=O)C5CC5)c4)n3)cc21)C(F)(F)F. The molecule has 0 spiro atoms. The lowest BCUT2D eigenvalue weighted by Gasteiger charge is -2.23. The van der Waals surface area contributed by atoms with Gasteiger partial charge in [0.15, 0.2) is 5.82 Å². The standard InChI is InChI=1S/C26H27F3N8O4S/c1-15(26(27,28)29)36-14-20(25(38)33-17-5-8-41-9-6-17)19-12-31-23(10-21(19)36)34-22-4-7-30-24(35-22)16-11-32-37(13-16)42(39,40)18-2-3-18/h4,7,10-15,17-18H,2-3,5-6,8-9H2,1H3,(H,33,38)(H,30,31,34,35). The Labute approximate surface area is 238 Å². The highest BCUT2D eigenvalue weighted by Crippen LogP contribution is 2.35. The van der Waals surface area contributed by atoms with Gasteiger partial charge in [0.2, 0.25) is 0 Å². The van der Waals surface area contributed by atoms with Gasteiger partial charge in [-0.2, -0.15) is 22.4 Å². The third-order valence-electron chi connectivity index (χ3n) is 7.35. The molecule has 1 saturated carbocycles. The van der Waals surface area contributed by atoms with Gasteiger partial charge in [-0.05, 0) is 38.7 Å². The molecule has 1 aliphatic heterocycles. The van der Waals surface area contributed by atoms with Crippen LogP contribution in [0.5, 0.6) is 0 Å². The highest BCUT2D eigenvalue weighted by Gasteiger charge is 2.39. The predicted molar refractivity (Wildman–Crippen MR) is 146 cm³/mol. The molecule has 1 saturated heterocycles. The number of ether oxygens (including phenoxy) is 1. The summed E-state index contributed by atoms with van der Waals surface area (Å²) < 4.78 is 73.6. The molecule has 2 fully saturated rings. The van der Waals surface area contributed by atoms with Crippen LogP contribution >= 0.6 is 0 Å². The molecule has 6 rings (SSSR count). The van der Waals surface area contributed by atoms with Crippen LogP contribution in [0.1, 0.15) is 49.0 Å². The van der Waals surface area contributed by atoms with Gasteiger partial charge in [0.25, 0.3) is 15.9 Å². The molecule has 1 atom stereocenters. The van der Waals surface area contributed by atoms with Gasteiger partial charge in [-0.25, -0.2) is 23.4 Å². The molecule has 4 aromatic rings. The molecule has 0 aromatic carbocycles. The molecule has 16 heteroatoms. The van der Waals surface area contributed by atoms with Crippen molar-refractivity contribution in [2.24, 2.45) is 0 Å². The number of pyridine rings is 1. The fraction of sp³-hybridized carbons (Fsp3) is 0.423. The molecule has 0 bridgehead atoms. The summed E-state index contributed by atoms with van der Waals surface area (Å²) in [6, 6.07) is 0.913. The lowest BCUT2D eigenvalue weighted by molar-refractivity contribution is -0.162. The average molecular weight is 605 g/mol. The Morgan fingerprint density at radius 3 is 2.57 bits per heavy atom. The molecule has 0 radical (unpaired) electrons. The lowest BCUT2D eigenvalue weighted by atomic mass is 10.1. The minimum absolute atomic E-state index is 0.0918. The molecule has 42 heavy (non-hydrogen) atoms. The van der Waals surface area contributed by atoms with Crippen LogP contribution < -0.4 is 10.6 Å². The number of carbonyl (C=O) groups is 1. The van der Waals surface area contributed by atoms with Crippen LogP contribution in [0, 0.1) is 0 Å². The van der Waals surface area contributed by atoms with Crippen LogP contribution in [-0.4, -0.2) is 73.7 Å². The second-order valence-electron chi connectivity index (χ2n) is 10.4. The van der Waals surface area contributed by atoms with Gasteiger partial charge in [0, 0.05) is 49.3 Å². The van der Waals surface area contributed by atoms with E-state index in [4.69, 9.17) is 4.74 Å². The number of nitrogens with one attached hydrogen (secondary N) is 2. The Kier molecular flexibility index (Phi) is 7.12. The number of rotatable bonds is 8. The van der Waals surface area contributed by atoms with E-state index >= 15 is 0 Å². The largest absolute Gasteiger partial charge is 0.408 e. The summed E-state index contributed by atoms with van der Waals surface area (Å²) in [6.07, 6.45) is 4.57. The van der Waals surface area contributed by atoms with Crippen molar-refractivity contribution in [3.63, 3.8) is 0 Å². The number of amides is 1. The summed E-state index contributed by atoms with van der Waals surface area (Å²) in [7, 11) is -3.56. The van der Waals surface area contributed by atoms with E-state index < -0.39 is 33.4 Å². The molecule has 4 aromatic heterocycles. The van der Waals surface area contributed by atoms with Crippen LogP contribution in [0.4, 0.5) is 24.8 Å². The molecular weight excluding hydrogens is 577 g/mol. The van der Waals surface area contributed by atoms with Crippen molar-refractivity contribution in [2.75, 3.05) is 18.5 Å². The first-order chi connectivity index (χ1) is 20.0. The van der Waals surface area contributed by atoms with Crippen molar-refractivity contribution in [1.29, 1.82) is 0 Å². The van der Waals surface area contributed by atoms with E-state index in [1.54, 1.807) is 0 Å². The number of hydrogen-bond acceptors (Lipinski definition) is 9. The molecule has 1 aliphatic carbocycles. The zero-order chi connectivity index (χ0) is 29.6. The van der Waals surface area contributed by atoms with Gasteiger partial charge in [0.1, 0.15) is 17.7 Å². The number of halogens is 3. The van der Waals surface area contributed by atoms with E-state index in [2.05, 4.69) is 30.7 Å². The molecule has 12 nitrogen and oxygen atoms in total. The second-order valence-corrected chi connectivity index (χ2v) is 12.4.